The van der Waals surface area contributed by atoms with Gasteiger partial charge in [0.1, 0.15) is 11.0 Å². The first-order chi connectivity index (χ1) is 29.9. The molecule has 0 unspecified atom stereocenters. The van der Waals surface area contributed by atoms with Gasteiger partial charge < -0.3 is 10.6 Å². The Labute approximate surface area is 400 Å². The van der Waals surface area contributed by atoms with Gasteiger partial charge in [0.25, 0.3) is 0 Å². The number of anilines is 4. The monoisotopic (exact) mass is 1050 g/mol. The lowest BCUT2D eigenvalue weighted by molar-refractivity contribution is 1.16. The lowest BCUT2D eigenvalue weighted by atomic mass is 10.2. The van der Waals surface area contributed by atoms with Crippen LogP contribution in [-0.4, -0.2) is 19.9 Å². The molecule has 62 heavy (non-hydrogen) atoms. The highest BCUT2D eigenvalue weighted by molar-refractivity contribution is 9.11. The molecule has 0 fully saturated rings. The van der Waals surface area contributed by atoms with Gasteiger partial charge in [0.05, 0.1) is 17.3 Å². The molecular weight excluding hydrogens is 1010 g/mol. The van der Waals surface area contributed by atoms with Gasteiger partial charge in [0, 0.05) is 50.4 Å². The molecule has 0 aliphatic carbocycles. The maximum Gasteiger partial charge on any atom is 0.172 e. The van der Waals surface area contributed by atoms with Crippen molar-refractivity contribution < 1.29 is 0 Å². The summed E-state index contributed by atoms with van der Waals surface area (Å²) in [5, 5.41) is 7.25. The average Bonchev–Trinajstić information content (AvgIpc) is 4.12. The summed E-state index contributed by atoms with van der Waals surface area (Å²) in [4.78, 5) is 33.2. The number of nitrogens with zero attached hydrogens (tertiary/aromatic N) is 4. The smallest absolute Gasteiger partial charge is 0.172 e. The summed E-state index contributed by atoms with van der Waals surface area (Å²) in [6.07, 6.45) is 0. The molecule has 10 aromatic rings. The highest BCUT2D eigenvalue weighted by Crippen LogP contribution is 2.49. The van der Waals surface area contributed by atoms with Crippen LogP contribution in [-0.2, 0) is 0 Å². The van der Waals surface area contributed by atoms with E-state index in [-0.39, 0.29) is 0 Å². The van der Waals surface area contributed by atoms with Crippen molar-refractivity contribution in [3.05, 3.63) is 138 Å². The van der Waals surface area contributed by atoms with Crippen molar-refractivity contribution in [1.82, 2.24) is 19.9 Å². The molecule has 0 radical (unpaired) electrons. The van der Waals surface area contributed by atoms with Crippen LogP contribution in [0.15, 0.2) is 105 Å². The second-order valence-electron chi connectivity index (χ2n) is 15.1. The highest BCUT2D eigenvalue weighted by Gasteiger charge is 2.24. The minimum absolute atomic E-state index is 0.611. The molecule has 308 valence electrons. The van der Waals surface area contributed by atoms with Crippen LogP contribution in [0.3, 0.4) is 0 Å². The fraction of sp³-hybridized carbons (Fsp3) is 0.125. The number of benzene rings is 2. The van der Waals surface area contributed by atoms with Crippen LogP contribution in [0.2, 0.25) is 0 Å². The number of rotatable bonds is 10. The molecule has 0 bridgehead atoms. The molecule has 0 saturated carbocycles. The fourth-order valence-electron chi connectivity index (χ4n) is 7.22. The molecule has 0 amide bonds. The number of hydrogen-bond donors (Lipinski definition) is 2. The lowest BCUT2D eigenvalue weighted by Crippen LogP contribution is -2.05. The standard InChI is InChI=1S/C48H36Br2N6S6/c1-23-17-31(57-41(23)33-21-27(5)43(49)61-33)39-25(3)19-35(59-39)45-53-37-38(47(55-45)51-29-13-9-7-10-14-29)54-46(56-48(37)52-30-15-11-8-12-16-30)36-20-26(4)40(60-36)32-18-24(2)42(58-32)34-22-28(6)44(50)62-34/h7-22H,1-6H3,(H,51,53,55)(H,52,54,56). The molecule has 8 aromatic heterocycles. The summed E-state index contributed by atoms with van der Waals surface area (Å²) in [6, 6.07) is 33.8. The van der Waals surface area contributed by atoms with Crippen molar-refractivity contribution in [3.8, 4) is 60.4 Å². The fourth-order valence-corrected chi connectivity index (χ4v) is 15.5. The van der Waals surface area contributed by atoms with Gasteiger partial charge in [-0.15, -0.1) is 68.0 Å². The summed E-state index contributed by atoms with van der Waals surface area (Å²) < 4.78 is 2.36. The first-order valence-corrected chi connectivity index (χ1v) is 26.1. The van der Waals surface area contributed by atoms with Gasteiger partial charge in [-0.1, -0.05) is 36.4 Å². The third-order valence-corrected chi connectivity index (χ3v) is 20.3. The number of fused-ring (bicyclic) bond motifs is 1. The molecule has 14 heteroatoms. The second-order valence-corrected chi connectivity index (χ2v) is 24.0. The van der Waals surface area contributed by atoms with E-state index in [4.69, 9.17) is 19.9 Å². The number of para-hydroxylation sites is 2. The predicted molar refractivity (Wildman–Crippen MR) is 278 cm³/mol. The topological polar surface area (TPSA) is 75.6 Å². The van der Waals surface area contributed by atoms with Gasteiger partial charge in [-0.3, -0.25) is 0 Å². The van der Waals surface area contributed by atoms with E-state index in [1.807, 2.05) is 83.3 Å². The Bertz CT molecular complexity index is 3040. The van der Waals surface area contributed by atoms with Crippen molar-refractivity contribution in [1.29, 1.82) is 0 Å². The van der Waals surface area contributed by atoms with Gasteiger partial charge in [-0.25, -0.2) is 19.9 Å². The van der Waals surface area contributed by atoms with Gasteiger partial charge >= 0.3 is 0 Å². The lowest BCUT2D eigenvalue weighted by Gasteiger charge is -2.14. The van der Waals surface area contributed by atoms with Crippen LogP contribution in [0.5, 0.6) is 0 Å². The number of aromatic nitrogens is 4. The number of thiophene rings is 6. The molecule has 0 saturated heterocycles. The van der Waals surface area contributed by atoms with E-state index in [2.05, 4.69) is 120 Å². The third-order valence-electron chi connectivity index (χ3n) is 10.3. The normalized spacial score (nSPS) is 11.5. The molecule has 0 aliphatic rings. The molecule has 2 N–H and O–H groups in total. The molecule has 0 spiro atoms. The van der Waals surface area contributed by atoms with E-state index in [0.29, 0.717) is 34.3 Å². The van der Waals surface area contributed by atoms with Crippen molar-refractivity contribution in [2.75, 3.05) is 10.6 Å². The van der Waals surface area contributed by atoms with Crippen LogP contribution in [0.25, 0.3) is 71.5 Å². The molecule has 10 rings (SSSR count). The molecule has 8 heterocycles. The first kappa shape index (κ1) is 41.6. The van der Waals surface area contributed by atoms with E-state index in [1.165, 1.54) is 80.0 Å². The van der Waals surface area contributed by atoms with E-state index in [0.717, 1.165) is 21.1 Å². The number of hydrogen-bond acceptors (Lipinski definition) is 12. The second kappa shape index (κ2) is 17.0. The Morgan fingerprint density at radius 2 is 0.677 bits per heavy atom. The molecule has 0 aliphatic heterocycles. The Kier molecular flexibility index (Phi) is 11.4. The van der Waals surface area contributed by atoms with E-state index in [9.17, 15) is 0 Å². The third kappa shape index (κ3) is 8.04. The van der Waals surface area contributed by atoms with E-state index >= 15 is 0 Å². The minimum Gasteiger partial charge on any atom is -0.338 e. The molecule has 2 aromatic carbocycles. The van der Waals surface area contributed by atoms with Crippen molar-refractivity contribution in [3.63, 3.8) is 0 Å². The van der Waals surface area contributed by atoms with Gasteiger partial charge in [0.15, 0.2) is 23.3 Å². The number of halogens is 2. The zero-order chi connectivity index (χ0) is 42.8. The Hall–Kier alpha value is -4.38. The van der Waals surface area contributed by atoms with Crippen molar-refractivity contribution in [2.45, 2.75) is 41.5 Å². The van der Waals surface area contributed by atoms with Gasteiger partial charge in [-0.2, -0.15) is 0 Å². The molecular formula is C48H36Br2N6S6. The summed E-state index contributed by atoms with van der Waals surface area (Å²) >= 11 is 18.2. The van der Waals surface area contributed by atoms with Gasteiger partial charge in [-0.05, 0) is 167 Å². The highest BCUT2D eigenvalue weighted by atomic mass is 79.9. The van der Waals surface area contributed by atoms with Crippen LogP contribution in [0.4, 0.5) is 23.0 Å². The first-order valence-electron chi connectivity index (χ1n) is 19.7. The predicted octanol–water partition coefficient (Wildman–Crippen LogP) is 17.7. The summed E-state index contributed by atoms with van der Waals surface area (Å²) in [6.45, 7) is 13.1. The average molecular weight is 1050 g/mol. The number of nitrogens with one attached hydrogen (secondary N) is 2. The minimum atomic E-state index is 0.611. The SMILES string of the molecule is Cc1cc(-c2sc(-c3sc(-c4nc(Nc5ccccc5)c5nc(-c6cc(C)c(-c7cc(C)c(-c8cc(C)c(Br)s8)s7)s6)nc(Nc6ccccc6)c5n4)cc3C)cc2C)sc1Br. The summed E-state index contributed by atoms with van der Waals surface area (Å²) in [5.41, 5.74) is 10.5. The maximum absolute atomic E-state index is 5.30. The summed E-state index contributed by atoms with van der Waals surface area (Å²) in [7, 11) is 0. The summed E-state index contributed by atoms with van der Waals surface area (Å²) in [5.74, 6) is 2.45. The molecule has 6 nitrogen and oxygen atoms in total. The van der Waals surface area contributed by atoms with Crippen LogP contribution >= 0.6 is 99.9 Å². The van der Waals surface area contributed by atoms with Crippen molar-refractivity contribution >= 4 is 134 Å². The molecule has 0 atom stereocenters. The van der Waals surface area contributed by atoms with Crippen LogP contribution < -0.4 is 10.6 Å². The maximum atomic E-state index is 5.30. The zero-order valence-corrected chi connectivity index (χ0v) is 42.3. The largest absolute Gasteiger partial charge is 0.338 e. The van der Waals surface area contributed by atoms with E-state index < -0.39 is 0 Å². The van der Waals surface area contributed by atoms with Crippen LogP contribution in [0, 0.1) is 41.5 Å². The Morgan fingerprint density at radius 1 is 0.371 bits per heavy atom. The Balaban J connectivity index is 1.11. The number of aryl methyl sites for hydroxylation is 6. The quantitative estimate of drug-likeness (QED) is 0.142. The Morgan fingerprint density at radius 3 is 1.02 bits per heavy atom. The van der Waals surface area contributed by atoms with E-state index in [1.54, 1.807) is 45.3 Å². The zero-order valence-electron chi connectivity index (χ0n) is 34.2. The van der Waals surface area contributed by atoms with Crippen molar-refractivity contribution in [2.24, 2.45) is 0 Å². The van der Waals surface area contributed by atoms with Gasteiger partial charge in [0.2, 0.25) is 0 Å². The van der Waals surface area contributed by atoms with Crippen LogP contribution in [0.1, 0.15) is 33.4 Å².